The van der Waals surface area contributed by atoms with Gasteiger partial charge < -0.3 is 15.5 Å². The van der Waals surface area contributed by atoms with Crippen molar-refractivity contribution in [1.82, 2.24) is 10.3 Å². The van der Waals surface area contributed by atoms with E-state index in [0.29, 0.717) is 17.4 Å². The summed E-state index contributed by atoms with van der Waals surface area (Å²) < 4.78 is 0. The van der Waals surface area contributed by atoms with Crippen LogP contribution in [0.3, 0.4) is 0 Å². The Hall–Kier alpha value is -2.11. The molecule has 1 heterocycles. The van der Waals surface area contributed by atoms with E-state index in [1.54, 1.807) is 0 Å². The molecule has 27 heavy (non-hydrogen) atoms. The summed E-state index contributed by atoms with van der Waals surface area (Å²) in [4.78, 5) is 19.0. The highest BCUT2D eigenvalue weighted by Gasteiger charge is 2.17. The summed E-state index contributed by atoms with van der Waals surface area (Å²) in [6, 6.07) is 12.0. The number of nitrogens with zero attached hydrogens (tertiary/aromatic N) is 2. The van der Waals surface area contributed by atoms with Crippen LogP contribution < -0.4 is 15.5 Å². The van der Waals surface area contributed by atoms with Gasteiger partial charge in [0.15, 0.2) is 5.15 Å². The number of pyridine rings is 1. The zero-order chi connectivity index (χ0) is 19.6. The molecular weight excluding hydrogens is 360 g/mol. The summed E-state index contributed by atoms with van der Waals surface area (Å²) in [5.41, 5.74) is 3.49. The van der Waals surface area contributed by atoms with Crippen LogP contribution in [-0.2, 0) is 11.3 Å². The van der Waals surface area contributed by atoms with Crippen molar-refractivity contribution in [3.63, 3.8) is 0 Å². The molecule has 2 N–H and O–H groups in total. The van der Waals surface area contributed by atoms with E-state index in [2.05, 4.69) is 34.4 Å². The van der Waals surface area contributed by atoms with E-state index < -0.39 is 0 Å². The second-order valence-electron chi connectivity index (χ2n) is 6.52. The number of unbranched alkanes of at least 4 members (excludes halogenated alkanes) is 1. The Kier molecular flexibility index (Phi) is 8.55. The lowest BCUT2D eigenvalue weighted by molar-refractivity contribution is -0.115. The Balaban J connectivity index is 2.06. The van der Waals surface area contributed by atoms with Crippen molar-refractivity contribution < 1.29 is 4.79 Å². The van der Waals surface area contributed by atoms with Gasteiger partial charge in [0.25, 0.3) is 0 Å². The van der Waals surface area contributed by atoms with Gasteiger partial charge in [-0.1, -0.05) is 55.3 Å². The third kappa shape index (κ3) is 6.52. The van der Waals surface area contributed by atoms with Crippen LogP contribution in [-0.4, -0.2) is 30.5 Å². The van der Waals surface area contributed by atoms with Crippen LogP contribution in [0.2, 0.25) is 5.15 Å². The molecular formula is C21H29ClN4O. The lowest BCUT2D eigenvalue weighted by Crippen LogP contribution is -2.30. The molecule has 0 aliphatic carbocycles. The maximum atomic E-state index is 12.4. The molecule has 0 unspecified atom stereocenters. The summed E-state index contributed by atoms with van der Waals surface area (Å²) in [7, 11) is 0. The maximum absolute atomic E-state index is 12.4. The second-order valence-corrected chi connectivity index (χ2v) is 6.88. The standard InChI is InChI=1S/C21H29ClN4O/c1-4-6-12-26(5-2)18-13-16(3)24-21(22)20(18)25-19(27)15-23-14-17-10-8-7-9-11-17/h7-11,13,23H,4-6,12,14-15H2,1-3H3,(H,25,27). The van der Waals surface area contributed by atoms with Gasteiger partial charge in [0.2, 0.25) is 5.91 Å². The molecule has 0 saturated heterocycles. The van der Waals surface area contributed by atoms with Crippen LogP contribution in [0.5, 0.6) is 0 Å². The predicted octanol–water partition coefficient (Wildman–Crippen LogP) is 4.40. The summed E-state index contributed by atoms with van der Waals surface area (Å²) in [5, 5.41) is 6.44. The van der Waals surface area contributed by atoms with Crippen molar-refractivity contribution in [2.45, 2.75) is 40.2 Å². The molecule has 146 valence electrons. The Morgan fingerprint density at radius 2 is 1.96 bits per heavy atom. The normalized spacial score (nSPS) is 10.7. The number of anilines is 2. The minimum atomic E-state index is -0.133. The van der Waals surface area contributed by atoms with Crippen molar-refractivity contribution in [2.24, 2.45) is 0 Å². The van der Waals surface area contributed by atoms with Gasteiger partial charge in [-0.15, -0.1) is 0 Å². The Bertz CT molecular complexity index is 736. The van der Waals surface area contributed by atoms with Crippen LogP contribution >= 0.6 is 11.6 Å². The van der Waals surface area contributed by atoms with E-state index in [-0.39, 0.29) is 12.5 Å². The number of aromatic nitrogens is 1. The molecule has 0 aliphatic rings. The fraction of sp³-hybridized carbons (Fsp3) is 0.429. The molecule has 0 spiro atoms. The van der Waals surface area contributed by atoms with Gasteiger partial charge in [0.1, 0.15) is 5.69 Å². The average molecular weight is 389 g/mol. The van der Waals surface area contributed by atoms with E-state index >= 15 is 0 Å². The molecule has 5 nitrogen and oxygen atoms in total. The largest absolute Gasteiger partial charge is 0.370 e. The Labute approximate surface area is 167 Å². The monoisotopic (exact) mass is 388 g/mol. The van der Waals surface area contributed by atoms with Crippen molar-refractivity contribution >= 4 is 28.9 Å². The lowest BCUT2D eigenvalue weighted by atomic mass is 10.2. The Morgan fingerprint density at radius 3 is 2.63 bits per heavy atom. The number of carbonyl (C=O) groups excluding carboxylic acids is 1. The summed E-state index contributed by atoms with van der Waals surface area (Å²) in [5.74, 6) is -0.133. The number of amides is 1. The number of carbonyl (C=O) groups is 1. The van der Waals surface area contributed by atoms with Crippen LogP contribution in [0.15, 0.2) is 36.4 Å². The van der Waals surface area contributed by atoms with Gasteiger partial charge >= 0.3 is 0 Å². The van der Waals surface area contributed by atoms with Crippen LogP contribution in [0.1, 0.15) is 37.9 Å². The number of rotatable bonds is 10. The summed E-state index contributed by atoms with van der Waals surface area (Å²) >= 11 is 6.37. The smallest absolute Gasteiger partial charge is 0.238 e. The Morgan fingerprint density at radius 1 is 1.22 bits per heavy atom. The van der Waals surface area contributed by atoms with Gasteiger partial charge in [-0.2, -0.15) is 0 Å². The lowest BCUT2D eigenvalue weighted by Gasteiger charge is -2.26. The van der Waals surface area contributed by atoms with Crippen molar-refractivity contribution in [3.05, 3.63) is 52.8 Å². The molecule has 1 aromatic carbocycles. The van der Waals surface area contributed by atoms with Gasteiger partial charge in [-0.05, 0) is 31.9 Å². The molecule has 6 heteroatoms. The van der Waals surface area contributed by atoms with E-state index in [9.17, 15) is 4.79 Å². The first-order valence-corrected chi connectivity index (χ1v) is 9.89. The number of benzene rings is 1. The van der Waals surface area contributed by atoms with Gasteiger partial charge in [0.05, 0.1) is 12.2 Å². The van der Waals surface area contributed by atoms with E-state index in [1.807, 2.05) is 43.3 Å². The van der Waals surface area contributed by atoms with Crippen molar-refractivity contribution in [3.8, 4) is 0 Å². The molecule has 0 atom stereocenters. The van der Waals surface area contributed by atoms with E-state index in [4.69, 9.17) is 11.6 Å². The number of aryl methyl sites for hydroxylation is 1. The zero-order valence-electron chi connectivity index (χ0n) is 16.4. The zero-order valence-corrected chi connectivity index (χ0v) is 17.1. The molecule has 1 aromatic heterocycles. The molecule has 0 radical (unpaired) electrons. The summed E-state index contributed by atoms with van der Waals surface area (Å²) in [6.07, 6.45) is 2.19. The third-order valence-electron chi connectivity index (χ3n) is 4.31. The molecule has 2 rings (SSSR count). The SMILES string of the molecule is CCCCN(CC)c1cc(C)nc(Cl)c1NC(=O)CNCc1ccccc1. The first kappa shape index (κ1) is 21.2. The second kappa shape index (κ2) is 10.9. The minimum Gasteiger partial charge on any atom is -0.370 e. The highest BCUT2D eigenvalue weighted by Crippen LogP contribution is 2.33. The van der Waals surface area contributed by atoms with E-state index in [0.717, 1.165) is 42.9 Å². The highest BCUT2D eigenvalue weighted by atomic mass is 35.5. The quantitative estimate of drug-likeness (QED) is 0.592. The van der Waals surface area contributed by atoms with Crippen molar-refractivity contribution in [1.29, 1.82) is 0 Å². The summed E-state index contributed by atoms with van der Waals surface area (Å²) in [6.45, 7) is 8.79. The molecule has 0 bridgehead atoms. The topological polar surface area (TPSA) is 57.3 Å². The average Bonchev–Trinajstić information content (AvgIpc) is 2.65. The van der Waals surface area contributed by atoms with Crippen molar-refractivity contribution in [2.75, 3.05) is 29.9 Å². The molecule has 2 aromatic rings. The number of hydrogen-bond donors (Lipinski definition) is 2. The fourth-order valence-corrected chi connectivity index (χ4v) is 3.16. The molecule has 0 fully saturated rings. The van der Waals surface area contributed by atoms with Crippen LogP contribution in [0, 0.1) is 6.92 Å². The van der Waals surface area contributed by atoms with Gasteiger partial charge in [-0.3, -0.25) is 4.79 Å². The number of nitrogens with one attached hydrogen (secondary N) is 2. The number of halogens is 1. The van der Waals surface area contributed by atoms with Crippen LogP contribution in [0.4, 0.5) is 11.4 Å². The number of hydrogen-bond acceptors (Lipinski definition) is 4. The minimum absolute atomic E-state index is 0.133. The maximum Gasteiger partial charge on any atom is 0.238 e. The van der Waals surface area contributed by atoms with Crippen LogP contribution in [0.25, 0.3) is 0 Å². The molecule has 1 amide bonds. The molecule has 0 aliphatic heterocycles. The third-order valence-corrected chi connectivity index (χ3v) is 4.58. The first-order chi connectivity index (χ1) is 13.0. The fourth-order valence-electron chi connectivity index (χ4n) is 2.88. The van der Waals surface area contributed by atoms with Gasteiger partial charge in [-0.25, -0.2) is 4.98 Å². The van der Waals surface area contributed by atoms with E-state index in [1.165, 1.54) is 0 Å². The predicted molar refractivity (Wildman–Crippen MR) is 114 cm³/mol. The highest BCUT2D eigenvalue weighted by molar-refractivity contribution is 6.33. The first-order valence-electron chi connectivity index (χ1n) is 9.51. The van der Waals surface area contributed by atoms with Gasteiger partial charge in [0, 0.05) is 25.3 Å². The molecule has 0 saturated carbocycles.